The quantitative estimate of drug-likeness (QED) is 0.773. The van der Waals surface area contributed by atoms with Crippen molar-refractivity contribution in [3.8, 4) is 5.75 Å². The first kappa shape index (κ1) is 17.1. The second-order valence-electron chi connectivity index (χ2n) is 6.04. The van der Waals surface area contributed by atoms with E-state index in [4.69, 9.17) is 4.74 Å². The molecule has 6 heteroatoms. The van der Waals surface area contributed by atoms with Crippen molar-refractivity contribution >= 4 is 0 Å². The van der Waals surface area contributed by atoms with Crippen LogP contribution in [0.5, 0.6) is 5.75 Å². The van der Waals surface area contributed by atoms with Gasteiger partial charge in [-0.3, -0.25) is 4.90 Å². The number of likely N-dealkylation sites (tertiary alicyclic amines) is 1. The van der Waals surface area contributed by atoms with E-state index in [2.05, 4.69) is 0 Å². The molecule has 0 radical (unpaired) electrons. The molecule has 0 aromatic heterocycles. The number of ether oxygens (including phenoxy) is 1. The summed E-state index contributed by atoms with van der Waals surface area (Å²) in [4.78, 5) is 1.69. The Labute approximate surface area is 128 Å². The third kappa shape index (κ3) is 4.12. The fraction of sp³-hybridized carbons (Fsp3) is 0.625. The van der Waals surface area contributed by atoms with Gasteiger partial charge in [0.25, 0.3) is 0 Å². The summed E-state index contributed by atoms with van der Waals surface area (Å²) < 4.78 is 58.3. The lowest BCUT2D eigenvalue weighted by Gasteiger charge is -2.27. The van der Waals surface area contributed by atoms with Crippen LogP contribution in [0.2, 0.25) is 0 Å². The Morgan fingerprint density at radius 2 is 1.95 bits per heavy atom. The molecule has 0 saturated carbocycles. The highest BCUT2D eigenvalue weighted by Crippen LogP contribution is 2.35. The van der Waals surface area contributed by atoms with Gasteiger partial charge in [-0.2, -0.15) is 13.2 Å². The smallest absolute Gasteiger partial charge is 0.393 e. The highest BCUT2D eigenvalue weighted by Gasteiger charge is 2.41. The summed E-state index contributed by atoms with van der Waals surface area (Å²) in [5.74, 6) is -1.26. The van der Waals surface area contributed by atoms with E-state index in [1.807, 2.05) is 6.92 Å². The fourth-order valence-corrected chi connectivity index (χ4v) is 3.00. The highest BCUT2D eigenvalue weighted by molar-refractivity contribution is 5.34. The van der Waals surface area contributed by atoms with Gasteiger partial charge in [0.15, 0.2) is 0 Å². The van der Waals surface area contributed by atoms with Gasteiger partial charge in [0.1, 0.15) is 11.6 Å². The summed E-state index contributed by atoms with van der Waals surface area (Å²) in [6, 6.07) is 4.46. The van der Waals surface area contributed by atoms with Crippen LogP contribution in [0.25, 0.3) is 0 Å². The Bertz CT molecular complexity index is 503. The second-order valence-corrected chi connectivity index (χ2v) is 6.04. The maximum absolute atomic E-state index is 14.0. The van der Waals surface area contributed by atoms with Crippen LogP contribution in [0.1, 0.15) is 25.3 Å². The number of rotatable bonds is 3. The Morgan fingerprint density at radius 1 is 1.23 bits per heavy atom. The minimum absolute atomic E-state index is 0.0919. The van der Waals surface area contributed by atoms with Gasteiger partial charge in [-0.25, -0.2) is 4.39 Å². The summed E-state index contributed by atoms with van der Waals surface area (Å²) in [5.41, 5.74) is 0.319. The first-order valence-electron chi connectivity index (χ1n) is 7.41. The lowest BCUT2D eigenvalue weighted by atomic mass is 9.99. The van der Waals surface area contributed by atoms with Crippen LogP contribution in [0, 0.1) is 17.7 Å². The monoisotopic (exact) mass is 319 g/mol. The number of alkyl halides is 3. The van der Waals surface area contributed by atoms with Crippen molar-refractivity contribution < 1.29 is 22.3 Å². The molecule has 0 bridgehead atoms. The molecule has 0 amide bonds. The molecule has 2 unspecified atom stereocenters. The van der Waals surface area contributed by atoms with Gasteiger partial charge in [0, 0.05) is 25.2 Å². The van der Waals surface area contributed by atoms with Crippen LogP contribution in [0.4, 0.5) is 17.6 Å². The van der Waals surface area contributed by atoms with Gasteiger partial charge >= 0.3 is 6.18 Å². The zero-order valence-electron chi connectivity index (χ0n) is 12.8. The van der Waals surface area contributed by atoms with Crippen molar-refractivity contribution in [2.75, 3.05) is 20.2 Å². The van der Waals surface area contributed by atoms with Crippen LogP contribution in [-0.4, -0.2) is 31.3 Å². The van der Waals surface area contributed by atoms with Gasteiger partial charge in [-0.05, 0) is 30.9 Å². The van der Waals surface area contributed by atoms with E-state index < -0.39 is 17.9 Å². The topological polar surface area (TPSA) is 12.5 Å². The van der Waals surface area contributed by atoms with Gasteiger partial charge in [-0.15, -0.1) is 0 Å². The normalized spacial score (nSPS) is 24.1. The summed E-state index contributed by atoms with van der Waals surface area (Å²) >= 11 is 0. The molecule has 0 spiro atoms. The molecule has 2 atom stereocenters. The SMILES string of the molecule is COc1cccc(F)c1CN1CC(C)CCC(C(F)(F)F)C1. The number of hydrogen-bond donors (Lipinski definition) is 0. The molecule has 1 aliphatic rings. The van der Waals surface area contributed by atoms with E-state index in [-0.39, 0.29) is 25.4 Å². The molecule has 124 valence electrons. The van der Waals surface area contributed by atoms with Crippen LogP contribution in [-0.2, 0) is 6.54 Å². The second kappa shape index (κ2) is 6.86. The van der Waals surface area contributed by atoms with Gasteiger partial charge in [0.2, 0.25) is 0 Å². The maximum atomic E-state index is 14.0. The van der Waals surface area contributed by atoms with Crippen LogP contribution in [0.3, 0.4) is 0 Å². The Kier molecular flexibility index (Phi) is 5.32. The van der Waals surface area contributed by atoms with Crippen LogP contribution < -0.4 is 4.74 Å². The molecule has 2 nitrogen and oxygen atoms in total. The lowest BCUT2D eigenvalue weighted by molar-refractivity contribution is -0.179. The maximum Gasteiger partial charge on any atom is 0.393 e. The molecule has 0 N–H and O–H groups in total. The van der Waals surface area contributed by atoms with E-state index >= 15 is 0 Å². The van der Waals surface area contributed by atoms with E-state index in [1.54, 1.807) is 11.0 Å². The molecular formula is C16H21F4NO. The molecule has 1 aromatic carbocycles. The minimum Gasteiger partial charge on any atom is -0.496 e. The van der Waals surface area contributed by atoms with Crippen molar-refractivity contribution in [2.24, 2.45) is 11.8 Å². The Morgan fingerprint density at radius 3 is 2.59 bits per heavy atom. The number of benzene rings is 1. The van der Waals surface area contributed by atoms with E-state index in [1.165, 1.54) is 19.2 Å². The highest BCUT2D eigenvalue weighted by atomic mass is 19.4. The van der Waals surface area contributed by atoms with E-state index in [0.29, 0.717) is 24.3 Å². The number of nitrogens with zero attached hydrogens (tertiary/aromatic N) is 1. The largest absolute Gasteiger partial charge is 0.496 e. The average Bonchev–Trinajstić information content (AvgIpc) is 2.62. The fourth-order valence-electron chi connectivity index (χ4n) is 3.00. The molecule has 2 rings (SSSR count). The predicted molar refractivity (Wildman–Crippen MR) is 76.2 cm³/mol. The number of halogens is 4. The van der Waals surface area contributed by atoms with E-state index in [0.717, 1.165) is 0 Å². The third-order valence-corrected chi connectivity index (χ3v) is 4.20. The standard InChI is InChI=1S/C16H21F4NO/c1-11-6-7-12(16(18,19)20)9-21(8-11)10-13-14(17)4-3-5-15(13)22-2/h3-5,11-12H,6-10H2,1-2H3. The summed E-state index contributed by atoms with van der Waals surface area (Å²) in [6.07, 6.45) is -3.54. The first-order chi connectivity index (χ1) is 10.3. The van der Waals surface area contributed by atoms with E-state index in [9.17, 15) is 17.6 Å². The summed E-state index contributed by atoms with van der Waals surface area (Å²) in [5, 5.41) is 0. The van der Waals surface area contributed by atoms with Crippen LogP contribution in [0.15, 0.2) is 18.2 Å². The van der Waals surface area contributed by atoms with Crippen molar-refractivity contribution in [1.82, 2.24) is 4.90 Å². The molecule has 0 aliphatic carbocycles. The molecule has 1 fully saturated rings. The molecule has 1 aliphatic heterocycles. The predicted octanol–water partition coefficient (Wildman–Crippen LogP) is 4.24. The molecule has 1 aromatic rings. The summed E-state index contributed by atoms with van der Waals surface area (Å²) in [7, 11) is 1.43. The van der Waals surface area contributed by atoms with Crippen molar-refractivity contribution in [1.29, 1.82) is 0 Å². The Hall–Kier alpha value is -1.30. The van der Waals surface area contributed by atoms with Crippen molar-refractivity contribution in [3.05, 3.63) is 29.6 Å². The zero-order chi connectivity index (χ0) is 16.3. The van der Waals surface area contributed by atoms with Gasteiger partial charge in [-0.1, -0.05) is 13.0 Å². The molecular weight excluding hydrogens is 298 g/mol. The lowest BCUT2D eigenvalue weighted by Crippen LogP contribution is -2.36. The molecule has 22 heavy (non-hydrogen) atoms. The first-order valence-corrected chi connectivity index (χ1v) is 7.41. The molecule has 1 heterocycles. The average molecular weight is 319 g/mol. The summed E-state index contributed by atoms with van der Waals surface area (Å²) in [6.45, 7) is 2.51. The zero-order valence-corrected chi connectivity index (χ0v) is 12.8. The van der Waals surface area contributed by atoms with Gasteiger partial charge in [0.05, 0.1) is 13.0 Å². The molecule has 1 saturated heterocycles. The van der Waals surface area contributed by atoms with Crippen molar-refractivity contribution in [2.45, 2.75) is 32.5 Å². The third-order valence-electron chi connectivity index (χ3n) is 4.20. The van der Waals surface area contributed by atoms with Crippen molar-refractivity contribution in [3.63, 3.8) is 0 Å². The number of hydrogen-bond acceptors (Lipinski definition) is 2. The van der Waals surface area contributed by atoms with Crippen LogP contribution >= 0.6 is 0 Å². The Balaban J connectivity index is 2.20. The minimum atomic E-state index is -4.21. The van der Waals surface area contributed by atoms with Gasteiger partial charge < -0.3 is 4.74 Å². The number of methoxy groups -OCH3 is 1.